The van der Waals surface area contributed by atoms with E-state index in [2.05, 4.69) is 16.0 Å². The number of aliphatic hydroxyl groups is 2. The molecule has 25 heavy (non-hydrogen) atoms. The molecular formula is C16H30N4O5. The Hall–Kier alpha value is -1.55. The fourth-order valence-electron chi connectivity index (χ4n) is 2.78. The minimum Gasteiger partial charge on any atom is -0.392 e. The highest BCUT2D eigenvalue weighted by atomic mass is 16.3. The van der Waals surface area contributed by atoms with Gasteiger partial charge >= 0.3 is 0 Å². The summed E-state index contributed by atoms with van der Waals surface area (Å²) in [4.78, 5) is 36.6. The maximum atomic E-state index is 12.4. The van der Waals surface area contributed by atoms with Crippen molar-refractivity contribution in [2.45, 2.75) is 57.4 Å². The summed E-state index contributed by atoms with van der Waals surface area (Å²) >= 11 is 0. The Balaban J connectivity index is 2.72. The van der Waals surface area contributed by atoms with Crippen LogP contribution >= 0.6 is 0 Å². The van der Waals surface area contributed by atoms with Crippen molar-refractivity contribution in [2.24, 2.45) is 11.7 Å². The van der Waals surface area contributed by atoms with Gasteiger partial charge in [-0.2, -0.15) is 0 Å². The summed E-state index contributed by atoms with van der Waals surface area (Å²) in [5, 5.41) is 27.5. The van der Waals surface area contributed by atoms with E-state index >= 15 is 0 Å². The molecule has 1 aliphatic heterocycles. The van der Waals surface area contributed by atoms with Gasteiger partial charge in [0, 0.05) is 19.5 Å². The number of nitrogens with two attached hydrogens (primary N) is 1. The van der Waals surface area contributed by atoms with Crippen molar-refractivity contribution < 1.29 is 24.6 Å². The average molecular weight is 358 g/mol. The van der Waals surface area contributed by atoms with Gasteiger partial charge in [0.15, 0.2) is 5.78 Å². The minimum atomic E-state index is -1.18. The van der Waals surface area contributed by atoms with E-state index in [0.29, 0.717) is 13.1 Å². The Labute approximate surface area is 147 Å². The highest BCUT2D eigenvalue weighted by Gasteiger charge is 2.32. The van der Waals surface area contributed by atoms with E-state index in [4.69, 9.17) is 5.73 Å². The second-order valence-corrected chi connectivity index (χ2v) is 6.43. The van der Waals surface area contributed by atoms with Crippen molar-refractivity contribution in [3.05, 3.63) is 0 Å². The monoisotopic (exact) mass is 358 g/mol. The molecule has 1 fully saturated rings. The SMILES string of the molecule is CCC(=O)[C@H](CCN)NC(=O)[C@@H](NC(=O)C1CNCC(O)C1)C(C)O. The number of piperidine rings is 1. The summed E-state index contributed by atoms with van der Waals surface area (Å²) in [6.45, 7) is 4.12. The molecule has 1 saturated heterocycles. The Morgan fingerprint density at radius 2 is 1.96 bits per heavy atom. The van der Waals surface area contributed by atoms with Gasteiger partial charge in [-0.15, -0.1) is 0 Å². The lowest BCUT2D eigenvalue weighted by Gasteiger charge is -2.29. The lowest BCUT2D eigenvalue weighted by atomic mass is 9.96. The number of hydrogen-bond acceptors (Lipinski definition) is 7. The number of carbonyl (C=O) groups is 3. The molecule has 1 heterocycles. The summed E-state index contributed by atoms with van der Waals surface area (Å²) in [5.74, 6) is -1.71. The van der Waals surface area contributed by atoms with Gasteiger partial charge in [0.25, 0.3) is 0 Å². The fraction of sp³-hybridized carbons (Fsp3) is 0.812. The molecule has 0 aromatic rings. The largest absolute Gasteiger partial charge is 0.392 e. The Kier molecular flexibility index (Phi) is 8.98. The fourth-order valence-corrected chi connectivity index (χ4v) is 2.78. The quantitative estimate of drug-likeness (QED) is 0.269. The molecule has 7 N–H and O–H groups in total. The second-order valence-electron chi connectivity index (χ2n) is 6.43. The molecular weight excluding hydrogens is 328 g/mol. The predicted octanol–water partition coefficient (Wildman–Crippen LogP) is -2.36. The van der Waals surface area contributed by atoms with E-state index < -0.39 is 42.0 Å². The molecule has 144 valence electrons. The number of amides is 2. The molecule has 5 atom stereocenters. The first-order valence-electron chi connectivity index (χ1n) is 8.70. The molecule has 0 spiro atoms. The van der Waals surface area contributed by atoms with E-state index in [1.54, 1.807) is 6.92 Å². The molecule has 9 heteroatoms. The first-order valence-corrected chi connectivity index (χ1v) is 8.70. The van der Waals surface area contributed by atoms with E-state index in [9.17, 15) is 24.6 Å². The van der Waals surface area contributed by atoms with Crippen LogP contribution in [-0.4, -0.2) is 71.7 Å². The Morgan fingerprint density at radius 3 is 2.48 bits per heavy atom. The number of carbonyl (C=O) groups excluding carboxylic acids is 3. The predicted molar refractivity (Wildman–Crippen MR) is 91.5 cm³/mol. The van der Waals surface area contributed by atoms with Gasteiger partial charge in [0.2, 0.25) is 11.8 Å². The molecule has 1 aliphatic rings. The van der Waals surface area contributed by atoms with E-state index in [1.165, 1.54) is 6.92 Å². The lowest BCUT2D eigenvalue weighted by molar-refractivity contribution is -0.135. The van der Waals surface area contributed by atoms with Crippen molar-refractivity contribution in [3.63, 3.8) is 0 Å². The highest BCUT2D eigenvalue weighted by Crippen LogP contribution is 2.11. The van der Waals surface area contributed by atoms with Crippen LogP contribution in [0.5, 0.6) is 0 Å². The van der Waals surface area contributed by atoms with Gasteiger partial charge < -0.3 is 31.9 Å². The van der Waals surface area contributed by atoms with Crippen LogP contribution in [0.3, 0.4) is 0 Å². The summed E-state index contributed by atoms with van der Waals surface area (Å²) in [6.07, 6.45) is -0.933. The Morgan fingerprint density at radius 1 is 1.28 bits per heavy atom. The average Bonchev–Trinajstić information content (AvgIpc) is 2.57. The van der Waals surface area contributed by atoms with Gasteiger partial charge in [0.1, 0.15) is 6.04 Å². The van der Waals surface area contributed by atoms with E-state index in [1.807, 2.05) is 0 Å². The summed E-state index contributed by atoms with van der Waals surface area (Å²) in [7, 11) is 0. The number of nitrogens with one attached hydrogen (secondary N) is 3. The standard InChI is InChI=1S/C16H30N4O5/c1-3-13(23)12(4-5-17)19-16(25)14(9(2)21)20-15(24)10-6-11(22)8-18-7-10/h9-12,14,18,21-22H,3-8,17H2,1-2H3,(H,19,25)(H,20,24)/t9?,10?,11?,12-,14-/m0/s1. The van der Waals surface area contributed by atoms with E-state index in [-0.39, 0.29) is 31.6 Å². The van der Waals surface area contributed by atoms with Crippen molar-refractivity contribution >= 4 is 17.6 Å². The summed E-state index contributed by atoms with van der Waals surface area (Å²) in [6, 6.07) is -1.92. The molecule has 9 nitrogen and oxygen atoms in total. The van der Waals surface area contributed by atoms with E-state index in [0.717, 1.165) is 0 Å². The van der Waals surface area contributed by atoms with Gasteiger partial charge in [-0.25, -0.2) is 0 Å². The van der Waals surface area contributed by atoms with Crippen LogP contribution in [-0.2, 0) is 14.4 Å². The van der Waals surface area contributed by atoms with Crippen LogP contribution in [0.15, 0.2) is 0 Å². The van der Waals surface area contributed by atoms with Crippen molar-refractivity contribution in [1.29, 1.82) is 0 Å². The number of ketones is 1. The number of aliphatic hydroxyl groups excluding tert-OH is 2. The first kappa shape index (κ1) is 21.5. The molecule has 3 unspecified atom stereocenters. The van der Waals surface area contributed by atoms with Crippen LogP contribution < -0.4 is 21.7 Å². The van der Waals surface area contributed by atoms with Crippen molar-refractivity contribution in [2.75, 3.05) is 19.6 Å². The van der Waals surface area contributed by atoms with Gasteiger partial charge in [-0.05, 0) is 26.3 Å². The normalized spacial score (nSPS) is 24.0. The number of β-amino-alcohol motifs (C(OH)–C–C–N with tert-alkyl or cyclic N) is 1. The zero-order valence-electron chi connectivity index (χ0n) is 14.8. The van der Waals surface area contributed by atoms with Crippen LogP contribution in [0.25, 0.3) is 0 Å². The molecule has 2 amide bonds. The lowest BCUT2D eigenvalue weighted by Crippen LogP contribution is -2.58. The topological polar surface area (TPSA) is 154 Å². The highest BCUT2D eigenvalue weighted by molar-refractivity contribution is 5.93. The van der Waals surface area contributed by atoms with Crippen molar-refractivity contribution in [1.82, 2.24) is 16.0 Å². The van der Waals surface area contributed by atoms with Crippen molar-refractivity contribution in [3.8, 4) is 0 Å². The third-order valence-corrected chi connectivity index (χ3v) is 4.27. The van der Waals surface area contributed by atoms with Crippen LogP contribution in [0.2, 0.25) is 0 Å². The summed E-state index contributed by atoms with van der Waals surface area (Å²) < 4.78 is 0. The first-order chi connectivity index (χ1) is 11.8. The van der Waals surface area contributed by atoms with Gasteiger partial charge in [0.05, 0.1) is 24.2 Å². The maximum absolute atomic E-state index is 12.4. The smallest absolute Gasteiger partial charge is 0.245 e. The van der Waals surface area contributed by atoms with Gasteiger partial charge in [-0.1, -0.05) is 6.92 Å². The summed E-state index contributed by atoms with van der Waals surface area (Å²) in [5.41, 5.74) is 5.47. The Bertz CT molecular complexity index is 471. The molecule has 0 aliphatic carbocycles. The van der Waals surface area contributed by atoms with Crippen LogP contribution in [0, 0.1) is 5.92 Å². The third-order valence-electron chi connectivity index (χ3n) is 4.27. The minimum absolute atomic E-state index is 0.158. The molecule has 1 rings (SSSR count). The maximum Gasteiger partial charge on any atom is 0.245 e. The molecule has 0 bridgehead atoms. The number of hydrogen-bond donors (Lipinski definition) is 6. The zero-order chi connectivity index (χ0) is 19.0. The van der Waals surface area contributed by atoms with Gasteiger partial charge in [-0.3, -0.25) is 14.4 Å². The second kappa shape index (κ2) is 10.4. The third kappa shape index (κ3) is 6.69. The molecule has 0 radical (unpaired) electrons. The van der Waals surface area contributed by atoms with Crippen LogP contribution in [0.1, 0.15) is 33.1 Å². The zero-order valence-corrected chi connectivity index (χ0v) is 14.8. The number of Topliss-reactive ketones (excluding diaryl/α,β-unsaturated/α-hetero) is 1. The molecule has 0 saturated carbocycles. The van der Waals surface area contributed by atoms with Crippen LogP contribution in [0.4, 0.5) is 0 Å². The molecule has 0 aromatic carbocycles. The molecule has 0 aromatic heterocycles. The number of rotatable bonds is 9.